The van der Waals surface area contributed by atoms with E-state index in [0.717, 1.165) is 17.7 Å². The second-order valence-corrected chi connectivity index (χ2v) is 5.16. The summed E-state index contributed by atoms with van der Waals surface area (Å²) in [6, 6.07) is 3.62. The van der Waals surface area contributed by atoms with E-state index in [4.69, 9.17) is 21.1 Å². The lowest BCUT2D eigenvalue weighted by Gasteiger charge is -2.23. The van der Waals surface area contributed by atoms with Crippen molar-refractivity contribution in [3.8, 4) is 11.5 Å². The van der Waals surface area contributed by atoms with Crippen molar-refractivity contribution < 1.29 is 14.3 Å². The first-order valence-electron chi connectivity index (χ1n) is 6.39. The quantitative estimate of drug-likeness (QED) is 0.804. The number of ketones is 1. The minimum Gasteiger partial charge on any atom is -0.493 e. The highest BCUT2D eigenvalue weighted by Gasteiger charge is 2.20. The van der Waals surface area contributed by atoms with Crippen LogP contribution < -0.4 is 9.47 Å². The summed E-state index contributed by atoms with van der Waals surface area (Å²) in [5, 5.41) is 0.459. The summed E-state index contributed by atoms with van der Waals surface area (Å²) in [6.07, 6.45) is 2.38. The Kier molecular flexibility index (Phi) is 4.68. The molecular formula is C15H18ClNO3. The maximum Gasteiger partial charge on any atom is 0.179 e. The molecule has 1 aliphatic rings. The van der Waals surface area contributed by atoms with Gasteiger partial charge in [-0.05, 0) is 30.8 Å². The lowest BCUT2D eigenvalue weighted by atomic mass is 10.0. The predicted octanol–water partition coefficient (Wildman–Crippen LogP) is 2.65. The fourth-order valence-corrected chi connectivity index (χ4v) is 2.53. The number of likely N-dealkylation sites (tertiary alicyclic amines) is 1. The molecule has 0 spiro atoms. The Bertz CT molecular complexity index is 554. The molecule has 0 N–H and O–H groups in total. The van der Waals surface area contributed by atoms with Crippen LogP contribution in [-0.4, -0.2) is 45.0 Å². The Morgan fingerprint density at radius 3 is 2.70 bits per heavy atom. The number of hydrogen-bond acceptors (Lipinski definition) is 4. The van der Waals surface area contributed by atoms with E-state index in [2.05, 4.69) is 4.90 Å². The van der Waals surface area contributed by atoms with E-state index in [0.29, 0.717) is 29.5 Å². The second kappa shape index (κ2) is 6.29. The molecule has 0 atom stereocenters. The smallest absolute Gasteiger partial charge is 0.179 e. The molecule has 1 fully saturated rings. The standard InChI is InChI=1S/C15H18ClNO3/c1-17-7-6-12(18)11(9-17)8-10-4-5-13(19-2)15(20-3)14(10)16/h4-5,8H,6-7,9H2,1-3H3/b11-8+. The average Bonchev–Trinajstić information content (AvgIpc) is 2.44. The van der Waals surface area contributed by atoms with Gasteiger partial charge in [-0.25, -0.2) is 0 Å². The molecule has 0 amide bonds. The van der Waals surface area contributed by atoms with Crippen molar-refractivity contribution in [3.05, 3.63) is 28.3 Å². The van der Waals surface area contributed by atoms with Gasteiger partial charge in [0.1, 0.15) is 0 Å². The average molecular weight is 296 g/mol. The maximum atomic E-state index is 11.9. The molecule has 0 unspecified atom stereocenters. The van der Waals surface area contributed by atoms with E-state index in [1.54, 1.807) is 20.3 Å². The van der Waals surface area contributed by atoms with E-state index in [1.807, 2.05) is 19.2 Å². The van der Waals surface area contributed by atoms with Crippen LogP contribution in [-0.2, 0) is 4.79 Å². The number of carbonyl (C=O) groups excluding carboxylic acids is 1. The summed E-state index contributed by atoms with van der Waals surface area (Å²) in [4.78, 5) is 14.1. The largest absolute Gasteiger partial charge is 0.493 e. The Labute approximate surface area is 123 Å². The molecular weight excluding hydrogens is 278 g/mol. The van der Waals surface area contributed by atoms with E-state index < -0.39 is 0 Å². The number of rotatable bonds is 3. The molecule has 108 valence electrons. The van der Waals surface area contributed by atoms with Gasteiger partial charge in [0.2, 0.25) is 0 Å². The number of ether oxygens (including phenoxy) is 2. The summed E-state index contributed by atoms with van der Waals surface area (Å²) in [7, 11) is 5.10. The Balaban J connectivity index is 2.40. The van der Waals surface area contributed by atoms with E-state index in [-0.39, 0.29) is 5.78 Å². The number of nitrogens with zero attached hydrogens (tertiary/aromatic N) is 1. The van der Waals surface area contributed by atoms with E-state index >= 15 is 0 Å². The number of hydrogen-bond donors (Lipinski definition) is 0. The highest BCUT2D eigenvalue weighted by Crippen LogP contribution is 2.38. The van der Waals surface area contributed by atoms with Crippen LogP contribution in [0.15, 0.2) is 17.7 Å². The van der Waals surface area contributed by atoms with Crippen molar-refractivity contribution in [3.63, 3.8) is 0 Å². The normalized spacial score (nSPS) is 18.4. The molecule has 0 aliphatic carbocycles. The molecule has 0 radical (unpaired) electrons. The fourth-order valence-electron chi connectivity index (χ4n) is 2.24. The van der Waals surface area contributed by atoms with Crippen molar-refractivity contribution in [2.24, 2.45) is 0 Å². The Morgan fingerprint density at radius 1 is 1.30 bits per heavy atom. The van der Waals surface area contributed by atoms with Gasteiger partial charge in [0.25, 0.3) is 0 Å². The van der Waals surface area contributed by atoms with E-state index in [9.17, 15) is 4.79 Å². The summed E-state index contributed by atoms with van der Waals surface area (Å²) < 4.78 is 10.5. The monoisotopic (exact) mass is 295 g/mol. The summed E-state index contributed by atoms with van der Waals surface area (Å²) in [5.74, 6) is 1.24. The first-order chi connectivity index (χ1) is 9.56. The van der Waals surface area contributed by atoms with Crippen LogP contribution in [0.4, 0.5) is 0 Å². The van der Waals surface area contributed by atoms with Gasteiger partial charge in [0.15, 0.2) is 17.3 Å². The first kappa shape index (κ1) is 14.9. The molecule has 0 bridgehead atoms. The van der Waals surface area contributed by atoms with Gasteiger partial charge in [-0.2, -0.15) is 0 Å². The molecule has 0 aromatic heterocycles. The van der Waals surface area contributed by atoms with Crippen LogP contribution in [0.5, 0.6) is 11.5 Å². The zero-order valence-electron chi connectivity index (χ0n) is 11.9. The molecule has 1 aromatic rings. The van der Waals surface area contributed by atoms with Gasteiger partial charge in [-0.3, -0.25) is 4.79 Å². The summed E-state index contributed by atoms with van der Waals surface area (Å²) >= 11 is 6.32. The van der Waals surface area contributed by atoms with Crippen molar-refractivity contribution in [2.45, 2.75) is 6.42 Å². The number of benzene rings is 1. The zero-order chi connectivity index (χ0) is 14.7. The van der Waals surface area contributed by atoms with Crippen molar-refractivity contribution in [1.29, 1.82) is 0 Å². The van der Waals surface area contributed by atoms with Gasteiger partial charge in [0, 0.05) is 25.1 Å². The Hall–Kier alpha value is -1.52. The zero-order valence-corrected chi connectivity index (χ0v) is 12.7. The molecule has 4 nitrogen and oxygen atoms in total. The van der Waals surface area contributed by atoms with Crippen molar-refractivity contribution in [2.75, 3.05) is 34.4 Å². The highest BCUT2D eigenvalue weighted by molar-refractivity contribution is 6.34. The third kappa shape index (κ3) is 2.97. The molecule has 1 aliphatic heterocycles. The topological polar surface area (TPSA) is 38.8 Å². The highest BCUT2D eigenvalue weighted by atomic mass is 35.5. The molecule has 1 saturated heterocycles. The number of piperidine rings is 1. The maximum absolute atomic E-state index is 11.9. The molecule has 5 heteroatoms. The number of likely N-dealkylation sites (N-methyl/N-ethyl adjacent to an activating group) is 1. The summed E-state index contributed by atoms with van der Waals surface area (Å²) in [6.45, 7) is 1.44. The number of methoxy groups -OCH3 is 2. The molecule has 20 heavy (non-hydrogen) atoms. The van der Waals surface area contributed by atoms with Gasteiger partial charge in [-0.15, -0.1) is 0 Å². The second-order valence-electron chi connectivity index (χ2n) is 4.78. The number of carbonyl (C=O) groups is 1. The van der Waals surface area contributed by atoms with Gasteiger partial charge >= 0.3 is 0 Å². The van der Waals surface area contributed by atoms with Gasteiger partial charge in [-0.1, -0.05) is 11.6 Å². The Morgan fingerprint density at radius 2 is 2.05 bits per heavy atom. The minimum absolute atomic E-state index is 0.175. The minimum atomic E-state index is 0.175. The molecule has 0 saturated carbocycles. The molecule has 1 aromatic carbocycles. The van der Waals surface area contributed by atoms with Crippen LogP contribution in [0.2, 0.25) is 5.02 Å². The van der Waals surface area contributed by atoms with Crippen LogP contribution in [0.25, 0.3) is 6.08 Å². The third-order valence-electron chi connectivity index (χ3n) is 3.36. The van der Waals surface area contributed by atoms with E-state index in [1.165, 1.54) is 0 Å². The van der Waals surface area contributed by atoms with Crippen LogP contribution in [0, 0.1) is 0 Å². The lowest BCUT2D eigenvalue weighted by Crippen LogP contribution is -2.32. The lowest BCUT2D eigenvalue weighted by molar-refractivity contribution is -0.117. The van der Waals surface area contributed by atoms with Crippen LogP contribution in [0.1, 0.15) is 12.0 Å². The van der Waals surface area contributed by atoms with Gasteiger partial charge < -0.3 is 14.4 Å². The SMILES string of the molecule is COc1ccc(/C=C2\CN(C)CCC2=O)c(Cl)c1OC. The third-order valence-corrected chi connectivity index (χ3v) is 3.75. The van der Waals surface area contributed by atoms with Crippen LogP contribution in [0.3, 0.4) is 0 Å². The number of halogens is 1. The molecule has 2 rings (SSSR count). The first-order valence-corrected chi connectivity index (χ1v) is 6.77. The fraction of sp³-hybridized carbons (Fsp3) is 0.400. The molecule has 1 heterocycles. The van der Waals surface area contributed by atoms with Gasteiger partial charge in [0.05, 0.1) is 19.2 Å². The van der Waals surface area contributed by atoms with Crippen molar-refractivity contribution in [1.82, 2.24) is 4.90 Å². The predicted molar refractivity (Wildman–Crippen MR) is 79.7 cm³/mol. The van der Waals surface area contributed by atoms with Crippen molar-refractivity contribution >= 4 is 23.5 Å². The van der Waals surface area contributed by atoms with Crippen LogP contribution >= 0.6 is 11.6 Å². The number of Topliss-reactive ketones (excluding diaryl/α,β-unsaturated/α-hetero) is 1. The summed E-state index contributed by atoms with van der Waals surface area (Å²) in [5.41, 5.74) is 1.54.